The normalized spacial score (nSPS) is 12.7. The van der Waals surface area contributed by atoms with Crippen molar-refractivity contribution in [2.75, 3.05) is 37.1 Å². The maximum absolute atomic E-state index is 12.3. The molecule has 1 aromatic heterocycles. The molecule has 0 saturated heterocycles. The van der Waals surface area contributed by atoms with Crippen molar-refractivity contribution in [1.82, 2.24) is 4.98 Å². The van der Waals surface area contributed by atoms with Gasteiger partial charge in [-0.15, -0.1) is 11.3 Å². The second-order valence-electron chi connectivity index (χ2n) is 7.32. The molecule has 172 valence electrons. The van der Waals surface area contributed by atoms with Gasteiger partial charge in [0.25, 0.3) is 5.91 Å². The maximum Gasteiger partial charge on any atom is 0.265 e. The number of anilines is 2. The monoisotopic (exact) mass is 467 g/mol. The highest BCUT2D eigenvalue weighted by atomic mass is 32.1. The lowest BCUT2D eigenvalue weighted by molar-refractivity contribution is -0.121. The van der Waals surface area contributed by atoms with Gasteiger partial charge in [-0.2, -0.15) is 0 Å². The molecule has 33 heavy (non-hydrogen) atoms. The average molecular weight is 468 g/mol. The molecule has 0 unspecified atom stereocenters. The van der Waals surface area contributed by atoms with E-state index in [-0.39, 0.29) is 18.4 Å². The van der Waals surface area contributed by atoms with Crippen LogP contribution in [0.2, 0.25) is 0 Å². The second-order valence-corrected chi connectivity index (χ2v) is 8.18. The lowest BCUT2D eigenvalue weighted by Gasteiger charge is -2.28. The van der Waals surface area contributed by atoms with Crippen LogP contribution in [0.3, 0.4) is 0 Å². The molecule has 8 nitrogen and oxygen atoms in total. The van der Waals surface area contributed by atoms with Crippen LogP contribution >= 0.6 is 11.3 Å². The van der Waals surface area contributed by atoms with E-state index in [1.54, 1.807) is 12.0 Å². The fourth-order valence-corrected chi connectivity index (χ4v) is 4.18. The Labute approximate surface area is 196 Å². The number of benzene rings is 2. The van der Waals surface area contributed by atoms with Gasteiger partial charge in [0.05, 0.1) is 25.1 Å². The van der Waals surface area contributed by atoms with E-state index in [2.05, 4.69) is 10.3 Å². The van der Waals surface area contributed by atoms with Gasteiger partial charge < -0.3 is 24.4 Å². The van der Waals surface area contributed by atoms with E-state index < -0.39 is 0 Å². The number of carbonyl (C=O) groups is 2. The predicted octanol–water partition coefficient (Wildman–Crippen LogP) is 4.36. The molecular weight excluding hydrogens is 442 g/mol. The third kappa shape index (κ3) is 5.43. The quantitative estimate of drug-likeness (QED) is 0.470. The number of rotatable bonds is 9. The van der Waals surface area contributed by atoms with E-state index in [0.717, 1.165) is 28.4 Å². The fraction of sp³-hybridized carbons (Fsp3) is 0.292. The van der Waals surface area contributed by atoms with Gasteiger partial charge in [0.2, 0.25) is 5.91 Å². The minimum atomic E-state index is -0.115. The highest BCUT2D eigenvalue weighted by Gasteiger charge is 2.24. The minimum Gasteiger partial charge on any atom is -0.497 e. The first kappa shape index (κ1) is 22.6. The first-order valence-corrected chi connectivity index (χ1v) is 11.5. The Kier molecular flexibility index (Phi) is 7.09. The van der Waals surface area contributed by atoms with Crippen LogP contribution in [-0.2, 0) is 9.59 Å². The lowest BCUT2D eigenvalue weighted by Crippen LogP contribution is -2.38. The summed E-state index contributed by atoms with van der Waals surface area (Å²) in [6, 6.07) is 13.0. The molecule has 2 heterocycles. The van der Waals surface area contributed by atoms with Gasteiger partial charge >= 0.3 is 0 Å². The predicted molar refractivity (Wildman–Crippen MR) is 127 cm³/mol. The third-order valence-corrected chi connectivity index (χ3v) is 5.90. The lowest BCUT2D eigenvalue weighted by atomic mass is 10.1. The van der Waals surface area contributed by atoms with Crippen LogP contribution in [0, 0.1) is 0 Å². The standard InChI is InChI=1S/C24H25N3O5S/c1-3-27-20-13-16(6-11-21(20)32-14-23(27)29)19-15-33-24(25-19)26-22(28)5-4-12-31-18-9-7-17(30-2)8-10-18/h6-11,13,15H,3-5,12,14H2,1-2H3,(H,25,26,28). The van der Waals surface area contributed by atoms with Gasteiger partial charge in [-0.1, -0.05) is 0 Å². The van der Waals surface area contributed by atoms with Gasteiger partial charge in [-0.25, -0.2) is 4.98 Å². The Balaban J connectivity index is 1.30. The molecule has 1 N–H and O–H groups in total. The summed E-state index contributed by atoms with van der Waals surface area (Å²) in [5, 5.41) is 5.25. The SMILES string of the molecule is CCN1C(=O)COc2ccc(-c3csc(NC(=O)CCCOc4ccc(OC)cc4)n3)cc21. The third-order valence-electron chi connectivity index (χ3n) is 5.14. The van der Waals surface area contributed by atoms with Gasteiger partial charge in [0.1, 0.15) is 17.2 Å². The summed E-state index contributed by atoms with van der Waals surface area (Å²) >= 11 is 1.36. The Morgan fingerprint density at radius 3 is 2.76 bits per heavy atom. The molecule has 3 aromatic rings. The Hall–Kier alpha value is -3.59. The van der Waals surface area contributed by atoms with Crippen molar-refractivity contribution >= 4 is 34.0 Å². The minimum absolute atomic E-state index is 0.0538. The zero-order chi connectivity index (χ0) is 23.2. The van der Waals surface area contributed by atoms with Crippen molar-refractivity contribution in [2.24, 2.45) is 0 Å². The van der Waals surface area contributed by atoms with E-state index in [1.165, 1.54) is 11.3 Å². The molecule has 2 aromatic carbocycles. The maximum atomic E-state index is 12.3. The van der Waals surface area contributed by atoms with Crippen molar-refractivity contribution in [3.05, 3.63) is 47.8 Å². The molecule has 0 atom stereocenters. The molecule has 0 radical (unpaired) electrons. The second kappa shape index (κ2) is 10.4. The molecule has 0 aliphatic carbocycles. The number of hydrogen-bond donors (Lipinski definition) is 1. The summed E-state index contributed by atoms with van der Waals surface area (Å²) in [4.78, 5) is 30.6. The molecule has 2 amide bonds. The molecule has 0 bridgehead atoms. The summed E-state index contributed by atoms with van der Waals surface area (Å²) < 4.78 is 16.3. The number of aromatic nitrogens is 1. The van der Waals surface area contributed by atoms with E-state index in [9.17, 15) is 9.59 Å². The molecule has 0 spiro atoms. The summed E-state index contributed by atoms with van der Waals surface area (Å²) in [7, 11) is 1.61. The van der Waals surface area contributed by atoms with Crippen LogP contribution in [0.1, 0.15) is 19.8 Å². The number of hydrogen-bond acceptors (Lipinski definition) is 7. The van der Waals surface area contributed by atoms with Crippen molar-refractivity contribution in [3.8, 4) is 28.5 Å². The van der Waals surface area contributed by atoms with Crippen LogP contribution in [0.4, 0.5) is 10.8 Å². The highest BCUT2D eigenvalue weighted by Crippen LogP contribution is 2.36. The number of fused-ring (bicyclic) bond motifs is 1. The van der Waals surface area contributed by atoms with Crippen LogP contribution in [0.5, 0.6) is 17.2 Å². The summed E-state index contributed by atoms with van der Waals surface area (Å²) in [6.07, 6.45) is 0.913. The molecule has 1 aliphatic rings. The van der Waals surface area contributed by atoms with Gasteiger partial charge in [0, 0.05) is 23.9 Å². The first-order valence-electron chi connectivity index (χ1n) is 10.7. The zero-order valence-electron chi connectivity index (χ0n) is 18.5. The van der Waals surface area contributed by atoms with E-state index >= 15 is 0 Å². The molecule has 1 aliphatic heterocycles. The van der Waals surface area contributed by atoms with Crippen LogP contribution in [-0.4, -0.2) is 43.7 Å². The van der Waals surface area contributed by atoms with Crippen LogP contribution in [0.25, 0.3) is 11.3 Å². The van der Waals surface area contributed by atoms with Crippen molar-refractivity contribution in [1.29, 1.82) is 0 Å². The first-order chi connectivity index (χ1) is 16.1. The number of methoxy groups -OCH3 is 1. The van der Waals surface area contributed by atoms with Gasteiger partial charge in [0.15, 0.2) is 11.7 Å². The Bertz CT molecular complexity index is 1130. The number of carbonyl (C=O) groups excluding carboxylic acids is 2. The van der Waals surface area contributed by atoms with Crippen LogP contribution in [0.15, 0.2) is 47.8 Å². The average Bonchev–Trinajstić information content (AvgIpc) is 3.30. The number of likely N-dealkylation sites (N-methyl/N-ethyl adjacent to an activating group) is 1. The molecule has 4 rings (SSSR count). The Morgan fingerprint density at radius 2 is 2.00 bits per heavy atom. The van der Waals surface area contributed by atoms with Crippen molar-refractivity contribution in [3.63, 3.8) is 0 Å². The number of nitrogens with one attached hydrogen (secondary N) is 1. The van der Waals surface area contributed by atoms with Crippen LogP contribution < -0.4 is 24.4 Å². The van der Waals surface area contributed by atoms with E-state index in [4.69, 9.17) is 14.2 Å². The highest BCUT2D eigenvalue weighted by molar-refractivity contribution is 7.14. The van der Waals surface area contributed by atoms with E-state index in [1.807, 2.05) is 54.8 Å². The smallest absolute Gasteiger partial charge is 0.265 e. The summed E-state index contributed by atoms with van der Waals surface area (Å²) in [5.74, 6) is 2.00. The number of nitrogens with zero attached hydrogens (tertiary/aromatic N) is 2. The zero-order valence-corrected chi connectivity index (χ0v) is 19.3. The van der Waals surface area contributed by atoms with Crippen molar-refractivity contribution in [2.45, 2.75) is 19.8 Å². The molecule has 0 saturated carbocycles. The van der Waals surface area contributed by atoms with Gasteiger partial charge in [-0.05, 0) is 55.8 Å². The Morgan fingerprint density at radius 1 is 1.21 bits per heavy atom. The van der Waals surface area contributed by atoms with Crippen molar-refractivity contribution < 1.29 is 23.8 Å². The molecule has 9 heteroatoms. The summed E-state index contributed by atoms with van der Waals surface area (Å²) in [6.45, 7) is 2.99. The number of amides is 2. The largest absolute Gasteiger partial charge is 0.497 e. The molecular formula is C24H25N3O5S. The fourth-order valence-electron chi connectivity index (χ4n) is 3.45. The topological polar surface area (TPSA) is 90.0 Å². The van der Waals surface area contributed by atoms with E-state index in [0.29, 0.717) is 36.9 Å². The number of ether oxygens (including phenoxy) is 3. The molecule has 0 fully saturated rings. The van der Waals surface area contributed by atoms with Gasteiger partial charge in [-0.3, -0.25) is 9.59 Å². The number of thiazole rings is 1. The summed E-state index contributed by atoms with van der Waals surface area (Å²) in [5.41, 5.74) is 2.33.